The smallest absolute Gasteiger partial charge is 0.326 e. The monoisotopic (exact) mass is 459 g/mol. The standard InChI is InChI=1S/C29H37N3O2/c1-19(2)23-12-14-24(15-13-23)32(18-22-11-16-27(34-7)30-17-22)29(33)31-28-25(20(3)4)9-8-10-26(28)21(5)6/h8-17,19-21H,18H2,1-7H3,(H,31,33). The second-order valence-electron chi connectivity index (χ2n) is 9.59. The average Bonchev–Trinajstić information content (AvgIpc) is 2.82. The highest BCUT2D eigenvalue weighted by atomic mass is 16.5. The second-order valence-corrected chi connectivity index (χ2v) is 9.59. The van der Waals surface area contributed by atoms with Gasteiger partial charge in [-0.05, 0) is 52.1 Å². The summed E-state index contributed by atoms with van der Waals surface area (Å²) in [4.78, 5) is 19.9. The van der Waals surface area contributed by atoms with Crippen molar-refractivity contribution in [2.24, 2.45) is 0 Å². The Morgan fingerprint density at radius 2 is 1.50 bits per heavy atom. The van der Waals surface area contributed by atoms with Crippen LogP contribution in [0.4, 0.5) is 16.2 Å². The Hall–Kier alpha value is -3.34. The molecule has 0 saturated heterocycles. The molecule has 0 spiro atoms. The van der Waals surface area contributed by atoms with Crippen molar-refractivity contribution in [3.8, 4) is 5.88 Å². The molecule has 2 aromatic carbocycles. The third-order valence-corrected chi connectivity index (χ3v) is 6.07. The lowest BCUT2D eigenvalue weighted by molar-refractivity contribution is 0.256. The van der Waals surface area contributed by atoms with Crippen LogP contribution < -0.4 is 15.0 Å². The van der Waals surface area contributed by atoms with Crippen molar-refractivity contribution in [3.63, 3.8) is 0 Å². The largest absolute Gasteiger partial charge is 0.481 e. The van der Waals surface area contributed by atoms with E-state index in [0.29, 0.717) is 30.2 Å². The van der Waals surface area contributed by atoms with Gasteiger partial charge in [0.15, 0.2) is 0 Å². The van der Waals surface area contributed by atoms with Gasteiger partial charge in [-0.25, -0.2) is 9.78 Å². The second kappa shape index (κ2) is 11.2. The normalized spacial score (nSPS) is 11.2. The van der Waals surface area contributed by atoms with E-state index < -0.39 is 0 Å². The summed E-state index contributed by atoms with van der Waals surface area (Å²) in [6, 6.07) is 18.1. The minimum atomic E-state index is -0.164. The Labute approximate surface area is 204 Å². The van der Waals surface area contributed by atoms with Crippen LogP contribution in [-0.2, 0) is 6.54 Å². The number of carbonyl (C=O) groups is 1. The van der Waals surface area contributed by atoms with Crippen LogP contribution in [-0.4, -0.2) is 18.1 Å². The molecule has 1 N–H and O–H groups in total. The summed E-state index contributed by atoms with van der Waals surface area (Å²) < 4.78 is 5.19. The summed E-state index contributed by atoms with van der Waals surface area (Å²) in [5.74, 6) is 1.55. The molecule has 0 aliphatic rings. The number of anilines is 2. The number of benzene rings is 2. The average molecular weight is 460 g/mol. The number of nitrogens with one attached hydrogen (secondary N) is 1. The number of para-hydroxylation sites is 1. The molecule has 0 unspecified atom stereocenters. The molecule has 0 saturated carbocycles. The van der Waals surface area contributed by atoms with Crippen molar-refractivity contribution in [1.29, 1.82) is 0 Å². The number of pyridine rings is 1. The first kappa shape index (κ1) is 25.3. The number of urea groups is 1. The van der Waals surface area contributed by atoms with E-state index >= 15 is 0 Å². The van der Waals surface area contributed by atoms with E-state index in [2.05, 4.69) is 82.2 Å². The number of rotatable bonds is 8. The zero-order valence-electron chi connectivity index (χ0n) is 21.4. The van der Waals surface area contributed by atoms with E-state index in [9.17, 15) is 4.79 Å². The van der Waals surface area contributed by atoms with Crippen molar-refractivity contribution < 1.29 is 9.53 Å². The van der Waals surface area contributed by atoms with Gasteiger partial charge >= 0.3 is 6.03 Å². The number of hydrogen-bond acceptors (Lipinski definition) is 3. The van der Waals surface area contributed by atoms with Crippen LogP contribution >= 0.6 is 0 Å². The number of nitrogens with zero attached hydrogens (tertiary/aromatic N) is 2. The van der Waals surface area contributed by atoms with Gasteiger partial charge in [0.2, 0.25) is 5.88 Å². The van der Waals surface area contributed by atoms with E-state index in [1.165, 1.54) is 5.56 Å². The topological polar surface area (TPSA) is 54.5 Å². The van der Waals surface area contributed by atoms with Crippen LogP contribution in [0.1, 0.15) is 81.5 Å². The van der Waals surface area contributed by atoms with Gasteiger partial charge in [-0.15, -0.1) is 0 Å². The summed E-state index contributed by atoms with van der Waals surface area (Å²) in [6.07, 6.45) is 1.75. The van der Waals surface area contributed by atoms with Gasteiger partial charge in [-0.3, -0.25) is 4.90 Å². The molecule has 3 aromatic rings. The van der Waals surface area contributed by atoms with Crippen LogP contribution in [0.5, 0.6) is 5.88 Å². The zero-order chi connectivity index (χ0) is 24.8. The Morgan fingerprint density at radius 3 is 1.97 bits per heavy atom. The van der Waals surface area contributed by atoms with E-state index in [4.69, 9.17) is 4.74 Å². The highest BCUT2D eigenvalue weighted by Crippen LogP contribution is 2.33. The van der Waals surface area contributed by atoms with Crippen molar-refractivity contribution in [3.05, 3.63) is 83.0 Å². The molecule has 5 nitrogen and oxygen atoms in total. The first-order chi connectivity index (χ1) is 16.2. The van der Waals surface area contributed by atoms with Crippen molar-refractivity contribution in [2.75, 3.05) is 17.3 Å². The van der Waals surface area contributed by atoms with Crippen molar-refractivity contribution in [2.45, 2.75) is 65.8 Å². The molecule has 0 radical (unpaired) electrons. The molecule has 0 bridgehead atoms. The molecule has 180 valence electrons. The summed E-state index contributed by atoms with van der Waals surface area (Å²) in [5, 5.41) is 3.26. The summed E-state index contributed by atoms with van der Waals surface area (Å²) in [5.41, 5.74) is 6.19. The number of amides is 2. The minimum Gasteiger partial charge on any atom is -0.481 e. The molecule has 0 aliphatic heterocycles. The predicted octanol–water partition coefficient (Wildman–Crippen LogP) is 7.70. The first-order valence-corrected chi connectivity index (χ1v) is 12.0. The van der Waals surface area contributed by atoms with Gasteiger partial charge in [0, 0.05) is 23.6 Å². The van der Waals surface area contributed by atoms with Gasteiger partial charge in [0.1, 0.15) is 0 Å². The van der Waals surface area contributed by atoms with Crippen LogP contribution in [0.3, 0.4) is 0 Å². The Morgan fingerprint density at radius 1 is 0.882 bits per heavy atom. The van der Waals surface area contributed by atoms with E-state index in [0.717, 1.165) is 28.1 Å². The fourth-order valence-corrected chi connectivity index (χ4v) is 4.00. The van der Waals surface area contributed by atoms with Gasteiger partial charge in [0.25, 0.3) is 0 Å². The minimum absolute atomic E-state index is 0.164. The molecule has 3 rings (SSSR count). The number of methoxy groups -OCH3 is 1. The van der Waals surface area contributed by atoms with Crippen LogP contribution in [0.25, 0.3) is 0 Å². The molecule has 2 amide bonds. The Kier molecular flexibility index (Phi) is 8.32. The van der Waals surface area contributed by atoms with Crippen LogP contribution in [0.2, 0.25) is 0 Å². The number of aromatic nitrogens is 1. The molecule has 0 aliphatic carbocycles. The lowest BCUT2D eigenvalue weighted by Gasteiger charge is -2.27. The van der Waals surface area contributed by atoms with Gasteiger partial charge in [-0.2, -0.15) is 0 Å². The lowest BCUT2D eigenvalue weighted by atomic mass is 9.93. The molecule has 1 heterocycles. The SMILES string of the molecule is COc1ccc(CN(C(=O)Nc2c(C(C)C)cccc2C(C)C)c2ccc(C(C)C)cc2)cn1. The zero-order valence-corrected chi connectivity index (χ0v) is 21.4. The maximum Gasteiger partial charge on any atom is 0.326 e. The number of hydrogen-bond donors (Lipinski definition) is 1. The molecule has 0 atom stereocenters. The predicted molar refractivity (Wildman–Crippen MR) is 141 cm³/mol. The quantitative estimate of drug-likeness (QED) is 0.375. The number of ether oxygens (including phenoxy) is 1. The maximum absolute atomic E-state index is 13.8. The fourth-order valence-electron chi connectivity index (χ4n) is 4.00. The first-order valence-electron chi connectivity index (χ1n) is 12.0. The van der Waals surface area contributed by atoms with Crippen molar-refractivity contribution in [1.82, 2.24) is 4.98 Å². The van der Waals surface area contributed by atoms with E-state index in [1.807, 2.05) is 24.3 Å². The molecule has 0 fully saturated rings. The third-order valence-electron chi connectivity index (χ3n) is 6.07. The fraction of sp³-hybridized carbons (Fsp3) is 0.379. The van der Waals surface area contributed by atoms with Gasteiger partial charge in [-0.1, -0.05) is 77.9 Å². The van der Waals surface area contributed by atoms with E-state index in [-0.39, 0.29) is 6.03 Å². The summed E-state index contributed by atoms with van der Waals surface area (Å²) >= 11 is 0. The Bertz CT molecular complexity index is 1060. The van der Waals surface area contributed by atoms with Gasteiger partial charge in [0.05, 0.1) is 13.7 Å². The maximum atomic E-state index is 13.8. The van der Waals surface area contributed by atoms with Crippen LogP contribution in [0.15, 0.2) is 60.8 Å². The summed E-state index contributed by atoms with van der Waals surface area (Å²) in [7, 11) is 1.59. The molecular formula is C29H37N3O2. The van der Waals surface area contributed by atoms with Crippen molar-refractivity contribution >= 4 is 17.4 Å². The van der Waals surface area contributed by atoms with Crippen LogP contribution in [0, 0.1) is 0 Å². The molecular weight excluding hydrogens is 422 g/mol. The molecule has 5 heteroatoms. The molecule has 1 aromatic heterocycles. The highest BCUT2D eigenvalue weighted by molar-refractivity contribution is 6.02. The third kappa shape index (κ3) is 5.96. The van der Waals surface area contributed by atoms with E-state index in [1.54, 1.807) is 18.2 Å². The van der Waals surface area contributed by atoms with Gasteiger partial charge < -0.3 is 10.1 Å². The highest BCUT2D eigenvalue weighted by Gasteiger charge is 2.21. The Balaban J connectivity index is 1.99. The number of carbonyl (C=O) groups excluding carboxylic acids is 1. The molecule has 34 heavy (non-hydrogen) atoms. The lowest BCUT2D eigenvalue weighted by Crippen LogP contribution is -2.35. The summed E-state index contributed by atoms with van der Waals surface area (Å²) in [6.45, 7) is 13.3.